The number of hydrogen-bond donors (Lipinski definition) is 0. The van der Waals surface area contributed by atoms with Crippen LogP contribution in [0.2, 0.25) is 0 Å². The van der Waals surface area contributed by atoms with Crippen LogP contribution in [0.3, 0.4) is 0 Å². The predicted octanol–water partition coefficient (Wildman–Crippen LogP) is 3.82. The van der Waals surface area contributed by atoms with Crippen molar-refractivity contribution in [3.63, 3.8) is 0 Å². The number of allylic oxidation sites excluding steroid dienone is 2. The lowest BCUT2D eigenvalue weighted by molar-refractivity contribution is -0.189. The monoisotopic (exact) mass is 227 g/mol. The average molecular weight is 227 g/mol. The van der Waals surface area contributed by atoms with Crippen molar-refractivity contribution in [2.75, 3.05) is 0 Å². The fraction of sp³-hybridized carbons (Fsp3) is 0.667. The molecule has 0 aliphatic heterocycles. The third-order valence-electron chi connectivity index (χ3n) is 1.56. The van der Waals surface area contributed by atoms with Crippen molar-refractivity contribution in [3.8, 4) is 6.07 Å². The number of unbranched alkanes of at least 4 members (excludes halogenated alkanes) is 1. The first-order valence-corrected chi connectivity index (χ1v) is 4.26. The minimum absolute atomic E-state index is 0.0682. The summed E-state index contributed by atoms with van der Waals surface area (Å²) in [6.45, 7) is 0. The lowest BCUT2D eigenvalue weighted by Crippen LogP contribution is -2.25. The molecule has 0 rings (SSSR count). The molecule has 0 unspecified atom stereocenters. The minimum Gasteiger partial charge on any atom is -0.207 e. The molecule has 0 radical (unpaired) electrons. The van der Waals surface area contributed by atoms with Crippen LogP contribution < -0.4 is 0 Å². The molecule has 1 nitrogen and oxygen atoms in total. The van der Waals surface area contributed by atoms with Crippen LogP contribution in [0.4, 0.5) is 22.0 Å². The molecule has 0 saturated heterocycles. The van der Waals surface area contributed by atoms with Gasteiger partial charge in [-0.2, -0.15) is 18.4 Å². The van der Waals surface area contributed by atoms with E-state index >= 15 is 0 Å². The van der Waals surface area contributed by atoms with Gasteiger partial charge in [0.25, 0.3) is 5.92 Å². The van der Waals surface area contributed by atoms with E-state index in [1.165, 1.54) is 6.08 Å². The van der Waals surface area contributed by atoms with Gasteiger partial charge in [-0.3, -0.25) is 0 Å². The summed E-state index contributed by atoms with van der Waals surface area (Å²) in [5.74, 6) is -3.71. The molecule has 0 saturated carbocycles. The van der Waals surface area contributed by atoms with E-state index in [4.69, 9.17) is 5.26 Å². The van der Waals surface area contributed by atoms with Crippen molar-refractivity contribution >= 4 is 0 Å². The van der Waals surface area contributed by atoms with Crippen LogP contribution in [0, 0.1) is 11.3 Å². The molecule has 15 heavy (non-hydrogen) atoms. The molecule has 0 N–H and O–H groups in total. The van der Waals surface area contributed by atoms with Crippen LogP contribution in [0.25, 0.3) is 0 Å². The third kappa shape index (κ3) is 9.19. The first kappa shape index (κ1) is 13.9. The summed E-state index contributed by atoms with van der Waals surface area (Å²) in [6.07, 6.45) is -5.16. The predicted molar refractivity (Wildman–Crippen MR) is 44.2 cm³/mol. The quantitative estimate of drug-likeness (QED) is 0.398. The van der Waals surface area contributed by atoms with E-state index in [0.29, 0.717) is 0 Å². The molecule has 0 fully saturated rings. The van der Waals surface area contributed by atoms with Gasteiger partial charge in [0.15, 0.2) is 0 Å². The molecule has 0 aromatic heterocycles. The van der Waals surface area contributed by atoms with Gasteiger partial charge in [0.1, 0.15) is 6.42 Å². The third-order valence-corrected chi connectivity index (χ3v) is 1.56. The molecule has 0 aromatic rings. The van der Waals surface area contributed by atoms with E-state index in [2.05, 4.69) is 0 Å². The van der Waals surface area contributed by atoms with E-state index in [1.807, 2.05) is 0 Å². The highest BCUT2D eigenvalue weighted by atomic mass is 19.4. The smallest absolute Gasteiger partial charge is 0.207 e. The fourth-order valence-electron chi connectivity index (χ4n) is 0.996. The molecular formula is C9H10F5N. The Kier molecular flexibility index (Phi) is 5.26. The maximum Gasteiger partial charge on any atom is 0.394 e. The number of alkyl halides is 5. The second-order valence-electron chi connectivity index (χ2n) is 3.07. The number of halogens is 5. The maximum absolute atomic E-state index is 12.6. The van der Waals surface area contributed by atoms with Crippen LogP contribution in [0.15, 0.2) is 12.2 Å². The largest absolute Gasteiger partial charge is 0.394 e. The summed E-state index contributed by atoms with van der Waals surface area (Å²) in [5, 5.41) is 8.04. The molecule has 0 aliphatic rings. The Labute approximate surface area is 84.2 Å². The van der Waals surface area contributed by atoms with Crippen molar-refractivity contribution in [1.82, 2.24) is 0 Å². The van der Waals surface area contributed by atoms with Gasteiger partial charge in [-0.15, -0.1) is 0 Å². The van der Waals surface area contributed by atoms with Gasteiger partial charge in [-0.25, -0.2) is 8.78 Å². The molecule has 0 bridgehead atoms. The molecule has 0 aromatic carbocycles. The summed E-state index contributed by atoms with van der Waals surface area (Å²) in [7, 11) is 0. The fourth-order valence-corrected chi connectivity index (χ4v) is 0.996. The van der Waals surface area contributed by atoms with E-state index in [0.717, 1.165) is 6.08 Å². The van der Waals surface area contributed by atoms with Crippen molar-refractivity contribution in [1.29, 1.82) is 5.26 Å². The summed E-state index contributed by atoms with van der Waals surface area (Å²) >= 11 is 0. The van der Waals surface area contributed by atoms with Gasteiger partial charge < -0.3 is 0 Å². The van der Waals surface area contributed by atoms with Crippen molar-refractivity contribution < 1.29 is 22.0 Å². The van der Waals surface area contributed by atoms with Crippen LogP contribution in [0.5, 0.6) is 0 Å². The highest BCUT2D eigenvalue weighted by molar-refractivity contribution is 5.01. The topological polar surface area (TPSA) is 23.8 Å². The van der Waals surface area contributed by atoms with Crippen molar-refractivity contribution in [2.24, 2.45) is 0 Å². The Balaban J connectivity index is 3.85. The first-order valence-electron chi connectivity index (χ1n) is 4.26. The standard InChI is InChI=1S/C9H10F5N/c10-8(11,7-9(12,13)14)5-3-1-2-4-6-15/h2,4H,1,3,5,7H2/b4-2+. The highest BCUT2D eigenvalue weighted by Crippen LogP contribution is 2.34. The summed E-state index contributed by atoms with van der Waals surface area (Å²) < 4.78 is 60.2. The zero-order chi connectivity index (χ0) is 11.9. The zero-order valence-corrected chi connectivity index (χ0v) is 7.82. The Morgan fingerprint density at radius 2 is 1.73 bits per heavy atom. The molecule has 86 valence electrons. The SMILES string of the molecule is N#C/C=C/CCCC(F)(F)CC(F)(F)F. The Morgan fingerprint density at radius 1 is 1.13 bits per heavy atom. The second-order valence-corrected chi connectivity index (χ2v) is 3.07. The van der Waals surface area contributed by atoms with E-state index < -0.39 is 24.9 Å². The number of nitrogens with zero attached hydrogens (tertiary/aromatic N) is 1. The normalized spacial score (nSPS) is 13.1. The van der Waals surface area contributed by atoms with Gasteiger partial charge in [-0.1, -0.05) is 6.08 Å². The molecule has 0 amide bonds. The summed E-state index contributed by atoms with van der Waals surface area (Å²) in [4.78, 5) is 0. The Morgan fingerprint density at radius 3 is 2.20 bits per heavy atom. The van der Waals surface area contributed by atoms with Gasteiger partial charge >= 0.3 is 6.18 Å². The van der Waals surface area contributed by atoms with Gasteiger partial charge in [0.2, 0.25) is 0 Å². The van der Waals surface area contributed by atoms with Gasteiger partial charge in [0, 0.05) is 12.5 Å². The van der Waals surface area contributed by atoms with E-state index in [1.54, 1.807) is 6.07 Å². The molecular weight excluding hydrogens is 217 g/mol. The highest BCUT2D eigenvalue weighted by Gasteiger charge is 2.42. The number of hydrogen-bond acceptors (Lipinski definition) is 1. The zero-order valence-electron chi connectivity index (χ0n) is 7.82. The second kappa shape index (κ2) is 5.69. The van der Waals surface area contributed by atoms with Gasteiger partial charge in [0.05, 0.1) is 6.07 Å². The Bertz CT molecular complexity index is 248. The molecule has 0 atom stereocenters. The van der Waals surface area contributed by atoms with Crippen LogP contribution in [0.1, 0.15) is 25.7 Å². The van der Waals surface area contributed by atoms with Crippen molar-refractivity contribution in [3.05, 3.63) is 12.2 Å². The first-order chi connectivity index (χ1) is 6.77. The lowest BCUT2D eigenvalue weighted by Gasteiger charge is -2.17. The minimum atomic E-state index is -4.84. The number of nitriles is 1. The number of rotatable bonds is 5. The van der Waals surface area contributed by atoms with Crippen molar-refractivity contribution in [2.45, 2.75) is 37.8 Å². The van der Waals surface area contributed by atoms with Crippen LogP contribution in [-0.4, -0.2) is 12.1 Å². The molecule has 0 spiro atoms. The van der Waals surface area contributed by atoms with E-state index in [9.17, 15) is 22.0 Å². The summed E-state index contributed by atoms with van der Waals surface area (Å²) in [6, 6.07) is 1.66. The molecule has 6 heteroatoms. The van der Waals surface area contributed by atoms with Crippen LogP contribution in [-0.2, 0) is 0 Å². The molecule has 0 aliphatic carbocycles. The van der Waals surface area contributed by atoms with Gasteiger partial charge in [-0.05, 0) is 12.8 Å². The average Bonchev–Trinajstić information content (AvgIpc) is 1.99. The molecule has 0 heterocycles. The Hall–Kier alpha value is -1.12. The van der Waals surface area contributed by atoms with E-state index in [-0.39, 0.29) is 12.8 Å². The summed E-state index contributed by atoms with van der Waals surface area (Å²) in [5.41, 5.74) is 0. The van der Waals surface area contributed by atoms with Crippen LogP contribution >= 0.6 is 0 Å². The lowest BCUT2D eigenvalue weighted by atomic mass is 10.1. The maximum atomic E-state index is 12.6.